The lowest BCUT2D eigenvalue weighted by Gasteiger charge is -2.34. The van der Waals surface area contributed by atoms with Crippen molar-refractivity contribution in [3.05, 3.63) is 42.0 Å². The summed E-state index contributed by atoms with van der Waals surface area (Å²) >= 11 is 0. The second-order valence-electron chi connectivity index (χ2n) is 8.67. The molecule has 0 radical (unpaired) electrons. The third kappa shape index (κ3) is 4.87. The van der Waals surface area contributed by atoms with Crippen LogP contribution >= 0.6 is 0 Å². The van der Waals surface area contributed by atoms with Gasteiger partial charge in [-0.25, -0.2) is 18.4 Å². The van der Waals surface area contributed by atoms with Crippen LogP contribution < -0.4 is 4.90 Å². The Morgan fingerprint density at radius 1 is 1.10 bits per heavy atom. The molecule has 0 spiro atoms. The van der Waals surface area contributed by atoms with Gasteiger partial charge >= 0.3 is 0 Å². The quantitative estimate of drug-likeness (QED) is 0.716. The number of pyridine rings is 1. The molecule has 0 aromatic carbocycles. The highest BCUT2D eigenvalue weighted by molar-refractivity contribution is 7.90. The second-order valence-corrected chi connectivity index (χ2v) is 10.7. The molecule has 9 heteroatoms. The Morgan fingerprint density at radius 2 is 1.87 bits per heavy atom. The zero-order chi connectivity index (χ0) is 22.0. The molecule has 0 unspecified atom stereocenters. The van der Waals surface area contributed by atoms with Gasteiger partial charge in [-0.3, -0.25) is 9.78 Å². The second kappa shape index (κ2) is 8.90. The van der Waals surface area contributed by atoms with Crippen molar-refractivity contribution in [2.24, 2.45) is 5.92 Å². The van der Waals surface area contributed by atoms with Gasteiger partial charge in [-0.15, -0.1) is 0 Å². The molecule has 0 bridgehead atoms. The van der Waals surface area contributed by atoms with Gasteiger partial charge in [-0.05, 0) is 43.7 Å². The highest BCUT2D eigenvalue weighted by Gasteiger charge is 2.31. The number of carbonyl (C=O) groups is 1. The van der Waals surface area contributed by atoms with Crippen LogP contribution in [0.1, 0.15) is 54.7 Å². The summed E-state index contributed by atoms with van der Waals surface area (Å²) < 4.78 is 24.9. The van der Waals surface area contributed by atoms with Crippen LogP contribution in [-0.4, -0.2) is 66.6 Å². The molecule has 2 aromatic rings. The number of anilines is 1. The Kier molecular flexibility index (Phi) is 6.22. The molecular weight excluding hydrogens is 414 g/mol. The van der Waals surface area contributed by atoms with Gasteiger partial charge in [0, 0.05) is 44.5 Å². The molecule has 4 heterocycles. The van der Waals surface area contributed by atoms with Gasteiger partial charge in [0.15, 0.2) is 9.84 Å². The molecule has 2 saturated heterocycles. The van der Waals surface area contributed by atoms with Gasteiger partial charge in [0.05, 0.1) is 11.9 Å². The van der Waals surface area contributed by atoms with E-state index >= 15 is 0 Å². The summed E-state index contributed by atoms with van der Waals surface area (Å²) in [5, 5.41) is 0. The smallest absolute Gasteiger partial charge is 0.272 e. The van der Waals surface area contributed by atoms with Gasteiger partial charge in [0.2, 0.25) is 5.95 Å². The van der Waals surface area contributed by atoms with Crippen LogP contribution in [0.5, 0.6) is 0 Å². The minimum atomic E-state index is -3.45. The average Bonchev–Trinajstić information content (AvgIpc) is 2.78. The largest absolute Gasteiger partial charge is 0.341 e. The van der Waals surface area contributed by atoms with Crippen molar-refractivity contribution in [1.82, 2.24) is 19.9 Å². The first-order chi connectivity index (χ1) is 14.8. The third-order valence-electron chi connectivity index (χ3n) is 6.16. The highest BCUT2D eigenvalue weighted by Crippen LogP contribution is 2.33. The highest BCUT2D eigenvalue weighted by atomic mass is 32.2. The number of amides is 1. The number of piperidine rings is 2. The monoisotopic (exact) mass is 443 g/mol. The van der Waals surface area contributed by atoms with E-state index in [9.17, 15) is 13.2 Å². The van der Waals surface area contributed by atoms with Crippen molar-refractivity contribution in [2.75, 3.05) is 37.3 Å². The summed E-state index contributed by atoms with van der Waals surface area (Å²) in [6, 6.07) is 5.30. The maximum absolute atomic E-state index is 12.7. The van der Waals surface area contributed by atoms with E-state index in [0.29, 0.717) is 49.2 Å². The predicted octanol–water partition coefficient (Wildman–Crippen LogP) is 2.53. The molecule has 8 nitrogen and oxygen atoms in total. The number of hydrogen-bond acceptors (Lipinski definition) is 7. The summed E-state index contributed by atoms with van der Waals surface area (Å²) in [5.41, 5.74) is 1.02. The molecule has 31 heavy (non-hydrogen) atoms. The Morgan fingerprint density at radius 3 is 2.52 bits per heavy atom. The predicted molar refractivity (Wildman–Crippen MR) is 118 cm³/mol. The lowest BCUT2D eigenvalue weighted by atomic mass is 9.93. The average molecular weight is 444 g/mol. The molecule has 1 amide bonds. The molecule has 2 aliphatic heterocycles. The van der Waals surface area contributed by atoms with E-state index in [-0.39, 0.29) is 16.7 Å². The van der Waals surface area contributed by atoms with Crippen molar-refractivity contribution in [3.8, 4) is 0 Å². The maximum Gasteiger partial charge on any atom is 0.272 e. The summed E-state index contributed by atoms with van der Waals surface area (Å²) in [4.78, 5) is 30.2. The molecule has 2 aromatic heterocycles. The van der Waals surface area contributed by atoms with Crippen molar-refractivity contribution >= 4 is 21.7 Å². The van der Waals surface area contributed by atoms with Crippen LogP contribution in [0.4, 0.5) is 5.95 Å². The van der Waals surface area contributed by atoms with Crippen LogP contribution in [0.15, 0.2) is 35.5 Å². The van der Waals surface area contributed by atoms with Crippen molar-refractivity contribution in [1.29, 1.82) is 0 Å². The molecule has 1 atom stereocenters. The zero-order valence-corrected chi connectivity index (χ0v) is 18.9. The zero-order valence-electron chi connectivity index (χ0n) is 18.1. The van der Waals surface area contributed by atoms with Gasteiger partial charge in [0.1, 0.15) is 10.6 Å². The standard InChI is InChI=1S/C22H29N5O3S/c1-16-6-5-11-27(15-16)22-24-14-19(31(2,29)30)20(25-22)17-8-12-26(13-9-17)21(28)18-7-3-4-10-23-18/h3-4,7,10,14,16-17H,5-6,8-9,11-13,15H2,1-2H3/t16-/m1/s1. The van der Waals surface area contributed by atoms with E-state index < -0.39 is 9.84 Å². The van der Waals surface area contributed by atoms with Crippen molar-refractivity contribution in [2.45, 2.75) is 43.4 Å². The van der Waals surface area contributed by atoms with Crippen LogP contribution in [0.2, 0.25) is 0 Å². The molecule has 2 fully saturated rings. The van der Waals surface area contributed by atoms with E-state index in [0.717, 1.165) is 19.5 Å². The Bertz CT molecular complexity index is 1040. The van der Waals surface area contributed by atoms with Crippen molar-refractivity contribution < 1.29 is 13.2 Å². The number of nitrogens with zero attached hydrogens (tertiary/aromatic N) is 5. The Labute approximate surface area is 183 Å². The Balaban J connectivity index is 1.55. The van der Waals surface area contributed by atoms with Gasteiger partial charge in [-0.1, -0.05) is 13.0 Å². The van der Waals surface area contributed by atoms with E-state index in [1.54, 1.807) is 29.3 Å². The van der Waals surface area contributed by atoms with Gasteiger partial charge in [-0.2, -0.15) is 0 Å². The number of aromatic nitrogens is 3. The first kappa shape index (κ1) is 21.7. The van der Waals surface area contributed by atoms with Gasteiger partial charge in [0.25, 0.3) is 5.91 Å². The lowest BCUT2D eigenvalue weighted by molar-refractivity contribution is 0.0705. The summed E-state index contributed by atoms with van der Waals surface area (Å²) in [6.45, 7) is 5.08. The summed E-state index contributed by atoms with van der Waals surface area (Å²) in [5.74, 6) is 1.06. The molecule has 2 aliphatic rings. The minimum Gasteiger partial charge on any atom is -0.341 e. The number of likely N-dealkylation sites (tertiary alicyclic amines) is 1. The molecule has 0 aliphatic carbocycles. The number of hydrogen-bond donors (Lipinski definition) is 0. The fourth-order valence-corrected chi connectivity index (χ4v) is 5.32. The van der Waals surface area contributed by atoms with Crippen LogP contribution in [-0.2, 0) is 9.84 Å². The number of rotatable bonds is 4. The maximum atomic E-state index is 12.7. The molecule has 0 saturated carbocycles. The topological polar surface area (TPSA) is 96.4 Å². The van der Waals surface area contributed by atoms with Crippen LogP contribution in [0.25, 0.3) is 0 Å². The van der Waals surface area contributed by atoms with Gasteiger partial charge < -0.3 is 9.80 Å². The first-order valence-corrected chi connectivity index (χ1v) is 12.7. The molecule has 4 rings (SSSR count). The van der Waals surface area contributed by atoms with E-state index in [1.807, 2.05) is 0 Å². The SMILES string of the molecule is C[C@@H]1CCCN(c2ncc(S(C)(=O)=O)c(C3CCN(C(=O)c4ccccn4)CC3)n2)C1. The third-order valence-corrected chi connectivity index (χ3v) is 7.28. The first-order valence-electron chi connectivity index (χ1n) is 10.8. The molecular formula is C22H29N5O3S. The molecule has 166 valence electrons. The van der Waals surface area contributed by atoms with Crippen LogP contribution in [0.3, 0.4) is 0 Å². The number of sulfone groups is 1. The fourth-order valence-electron chi connectivity index (χ4n) is 4.48. The lowest BCUT2D eigenvalue weighted by Crippen LogP contribution is -2.39. The van der Waals surface area contributed by atoms with E-state index in [2.05, 4.69) is 21.8 Å². The minimum absolute atomic E-state index is 0.0264. The van der Waals surface area contributed by atoms with E-state index in [4.69, 9.17) is 4.98 Å². The van der Waals surface area contributed by atoms with Crippen LogP contribution in [0, 0.1) is 5.92 Å². The summed E-state index contributed by atoms with van der Waals surface area (Å²) in [7, 11) is -3.45. The van der Waals surface area contributed by atoms with Crippen molar-refractivity contribution in [3.63, 3.8) is 0 Å². The fraction of sp³-hybridized carbons (Fsp3) is 0.545. The number of carbonyl (C=O) groups excluding carboxylic acids is 1. The summed E-state index contributed by atoms with van der Waals surface area (Å²) in [6.07, 6.45) is 7.88. The molecule has 0 N–H and O–H groups in total. The Hall–Kier alpha value is -2.55. The van der Waals surface area contributed by atoms with E-state index in [1.165, 1.54) is 18.9 Å². The normalized spacial score (nSPS) is 20.6.